The number of ether oxygens (including phenoxy) is 1. The van der Waals surface area contributed by atoms with Gasteiger partial charge in [-0.1, -0.05) is 41.5 Å². The lowest BCUT2D eigenvalue weighted by Gasteiger charge is -2.31. The van der Waals surface area contributed by atoms with Gasteiger partial charge in [-0.05, 0) is 23.0 Å². The second-order valence-electron chi connectivity index (χ2n) is 8.44. The monoisotopic (exact) mass is 393 g/mol. The molecule has 0 saturated carbocycles. The van der Waals surface area contributed by atoms with Gasteiger partial charge >= 0.3 is 5.97 Å². The first-order valence-electron chi connectivity index (χ1n) is 8.47. The lowest BCUT2D eigenvalue weighted by Crippen LogP contribution is -2.22. The van der Waals surface area contributed by atoms with E-state index in [4.69, 9.17) is 4.74 Å². The summed E-state index contributed by atoms with van der Waals surface area (Å²) in [5, 5.41) is 11.0. The van der Waals surface area contributed by atoms with Crippen LogP contribution in [0.15, 0.2) is 28.1 Å². The number of carbonyl (C=O) groups excluding carboxylic acids is 1. The highest BCUT2D eigenvalue weighted by Gasteiger charge is 2.34. The Kier molecular flexibility index (Phi) is 5.78. The summed E-state index contributed by atoms with van der Waals surface area (Å²) in [6.07, 6.45) is 1.77. The van der Waals surface area contributed by atoms with Crippen molar-refractivity contribution in [2.24, 2.45) is 0 Å². The number of esters is 1. The van der Waals surface area contributed by atoms with Crippen LogP contribution in [-0.4, -0.2) is 16.1 Å². The van der Waals surface area contributed by atoms with Gasteiger partial charge in [-0.15, -0.1) is 25.3 Å². The Morgan fingerprint density at radius 1 is 1.08 bits per heavy atom. The quantitative estimate of drug-likeness (QED) is 0.425. The first kappa shape index (κ1) is 20.8. The van der Waals surface area contributed by atoms with Crippen LogP contribution < -0.4 is 0 Å². The predicted molar refractivity (Wildman–Crippen MR) is 110 cm³/mol. The molecule has 6 heteroatoms. The van der Waals surface area contributed by atoms with E-state index in [0.717, 1.165) is 5.69 Å². The molecule has 0 aliphatic heterocycles. The topological polar surface area (TPSA) is 62.3 Å². The van der Waals surface area contributed by atoms with Crippen LogP contribution in [0.2, 0.25) is 0 Å². The number of H-pyrrole nitrogens is 1. The predicted octanol–water partition coefficient (Wildman–Crippen LogP) is 5.25. The summed E-state index contributed by atoms with van der Waals surface area (Å²) >= 11 is 9.15. The zero-order valence-electron chi connectivity index (χ0n) is 16.1. The van der Waals surface area contributed by atoms with E-state index in [9.17, 15) is 9.90 Å². The summed E-state index contributed by atoms with van der Waals surface area (Å²) in [5.74, 6) is -0.369. The third kappa shape index (κ3) is 4.07. The molecule has 0 aliphatic carbocycles. The molecule has 4 nitrogen and oxygen atoms in total. The number of hydrogen-bond donors (Lipinski definition) is 4. The zero-order valence-corrected chi connectivity index (χ0v) is 17.9. The molecule has 0 aliphatic rings. The number of rotatable bonds is 3. The summed E-state index contributed by atoms with van der Waals surface area (Å²) < 4.78 is 5.46. The maximum absolute atomic E-state index is 12.8. The van der Waals surface area contributed by atoms with Crippen molar-refractivity contribution >= 4 is 31.2 Å². The van der Waals surface area contributed by atoms with Gasteiger partial charge in [0, 0.05) is 27.1 Å². The molecule has 0 spiro atoms. The minimum Gasteiger partial charge on any atom is -0.507 e. The van der Waals surface area contributed by atoms with Crippen LogP contribution in [0.5, 0.6) is 5.75 Å². The molecular formula is C20H27NO3S2. The molecule has 142 valence electrons. The highest BCUT2D eigenvalue weighted by atomic mass is 32.1. The number of aromatic amines is 1. The van der Waals surface area contributed by atoms with Crippen molar-refractivity contribution in [1.82, 2.24) is 4.98 Å². The van der Waals surface area contributed by atoms with Crippen molar-refractivity contribution in [2.45, 2.75) is 68.8 Å². The number of thiol groups is 2. The molecule has 0 bridgehead atoms. The van der Waals surface area contributed by atoms with Crippen LogP contribution in [0.4, 0.5) is 0 Å². The number of benzene rings is 1. The molecule has 0 saturated heterocycles. The van der Waals surface area contributed by atoms with E-state index in [0.29, 0.717) is 20.9 Å². The molecule has 0 amide bonds. The third-order valence-electron chi connectivity index (χ3n) is 4.15. The Hall–Kier alpha value is -1.53. The largest absolute Gasteiger partial charge is 0.507 e. The average Bonchev–Trinajstić information content (AvgIpc) is 2.94. The molecule has 2 aromatic rings. The first-order valence-corrected chi connectivity index (χ1v) is 9.36. The molecule has 2 rings (SSSR count). The van der Waals surface area contributed by atoms with E-state index in [1.807, 2.05) is 53.7 Å². The van der Waals surface area contributed by atoms with E-state index >= 15 is 0 Å². The van der Waals surface area contributed by atoms with Gasteiger partial charge in [-0.3, -0.25) is 0 Å². The number of aromatic nitrogens is 1. The molecule has 0 atom stereocenters. The van der Waals surface area contributed by atoms with Crippen LogP contribution in [0.1, 0.15) is 68.7 Å². The van der Waals surface area contributed by atoms with Gasteiger partial charge in [0.05, 0.1) is 11.3 Å². The molecule has 0 unspecified atom stereocenters. The Morgan fingerprint density at radius 2 is 1.58 bits per heavy atom. The normalized spacial score (nSPS) is 12.3. The van der Waals surface area contributed by atoms with Crippen molar-refractivity contribution in [3.63, 3.8) is 0 Å². The van der Waals surface area contributed by atoms with Crippen molar-refractivity contribution in [3.8, 4) is 5.75 Å². The Morgan fingerprint density at radius 3 is 1.96 bits per heavy atom. The van der Waals surface area contributed by atoms with Gasteiger partial charge in [0.1, 0.15) is 12.4 Å². The lowest BCUT2D eigenvalue weighted by atomic mass is 9.78. The van der Waals surface area contributed by atoms with E-state index in [1.165, 1.54) is 0 Å². The van der Waals surface area contributed by atoms with Gasteiger partial charge in [-0.2, -0.15) is 0 Å². The average molecular weight is 394 g/mol. The molecule has 1 heterocycles. The minimum atomic E-state index is -0.509. The second kappa shape index (κ2) is 7.24. The smallest absolute Gasteiger partial charge is 0.340 e. The fourth-order valence-electron chi connectivity index (χ4n) is 3.00. The van der Waals surface area contributed by atoms with E-state index in [1.54, 1.807) is 6.20 Å². The number of carbonyl (C=O) groups is 1. The van der Waals surface area contributed by atoms with Crippen molar-refractivity contribution in [3.05, 3.63) is 40.7 Å². The van der Waals surface area contributed by atoms with Gasteiger partial charge in [-0.25, -0.2) is 4.79 Å². The molecule has 26 heavy (non-hydrogen) atoms. The maximum Gasteiger partial charge on any atom is 0.340 e. The molecule has 1 aromatic carbocycles. The molecular weight excluding hydrogens is 366 g/mol. The van der Waals surface area contributed by atoms with Crippen LogP contribution >= 0.6 is 25.3 Å². The Balaban J connectivity index is 2.62. The van der Waals surface area contributed by atoms with Crippen molar-refractivity contribution in [2.75, 3.05) is 0 Å². The van der Waals surface area contributed by atoms with E-state index < -0.39 is 16.8 Å². The zero-order chi connectivity index (χ0) is 19.9. The van der Waals surface area contributed by atoms with Crippen molar-refractivity contribution in [1.29, 1.82) is 0 Å². The molecule has 2 N–H and O–H groups in total. The van der Waals surface area contributed by atoms with Gasteiger partial charge in [0.25, 0.3) is 0 Å². The van der Waals surface area contributed by atoms with E-state index in [2.05, 4.69) is 30.2 Å². The van der Waals surface area contributed by atoms with Crippen LogP contribution in [0, 0.1) is 0 Å². The highest BCUT2D eigenvalue weighted by Crippen LogP contribution is 2.47. The van der Waals surface area contributed by atoms with Crippen molar-refractivity contribution < 1.29 is 14.6 Å². The number of phenolic OH excluding ortho intramolecular Hbond substituents is 1. The van der Waals surface area contributed by atoms with Gasteiger partial charge in [0.2, 0.25) is 0 Å². The standard InChI is InChI=1S/C20H27NO3S2/c1-19(2,3)13-15(22)14(20(4,5)6)17(26)12(16(13)25)18(23)24-10-11-8-7-9-21-11/h7-9,21-22,25-26H,10H2,1-6H3. The Labute approximate surface area is 166 Å². The van der Waals surface area contributed by atoms with Crippen LogP contribution in [0.3, 0.4) is 0 Å². The molecule has 0 fully saturated rings. The van der Waals surface area contributed by atoms with E-state index in [-0.39, 0.29) is 17.9 Å². The number of aromatic hydroxyl groups is 1. The van der Waals surface area contributed by atoms with Gasteiger partial charge < -0.3 is 14.8 Å². The third-order valence-corrected chi connectivity index (χ3v) is 5.04. The van der Waals surface area contributed by atoms with Gasteiger partial charge in [0.15, 0.2) is 0 Å². The fraction of sp³-hybridized carbons (Fsp3) is 0.450. The van der Waals surface area contributed by atoms with Crippen LogP contribution in [0.25, 0.3) is 0 Å². The molecule has 1 aromatic heterocycles. The second-order valence-corrected chi connectivity index (χ2v) is 9.34. The number of hydrogen-bond acceptors (Lipinski definition) is 5. The summed E-state index contributed by atoms with van der Waals surface area (Å²) in [6, 6.07) is 3.68. The Bertz CT molecular complexity index is 772. The lowest BCUT2D eigenvalue weighted by molar-refractivity contribution is 0.0459. The summed E-state index contributed by atoms with van der Waals surface area (Å²) in [7, 11) is 0. The van der Waals surface area contributed by atoms with Crippen LogP contribution in [-0.2, 0) is 22.2 Å². The minimum absolute atomic E-state index is 0.128. The summed E-state index contributed by atoms with van der Waals surface area (Å²) in [5.41, 5.74) is 1.51. The fourth-order valence-corrected chi connectivity index (χ4v) is 4.38. The number of phenols is 1. The molecule has 0 radical (unpaired) electrons. The summed E-state index contributed by atoms with van der Waals surface area (Å²) in [6.45, 7) is 12.0. The summed E-state index contributed by atoms with van der Waals surface area (Å²) in [4.78, 5) is 16.6. The number of nitrogens with one attached hydrogen (secondary N) is 1. The SMILES string of the molecule is CC(C)(C)c1c(O)c(C(C)(C)C)c(S)c(C(=O)OCc2ccc[nH]2)c1S. The maximum atomic E-state index is 12.8. The first-order chi connectivity index (χ1) is 11.9. The highest BCUT2D eigenvalue weighted by molar-refractivity contribution is 7.81.